The molecule has 1 N–H and O–H groups in total. The molecule has 2 aromatic carbocycles. The first-order valence-electron chi connectivity index (χ1n) is 10.0. The Balaban J connectivity index is 1.25. The number of aryl methyl sites for hydroxylation is 2. The topological polar surface area (TPSA) is 76.9 Å². The zero-order valence-corrected chi connectivity index (χ0v) is 16.3. The van der Waals surface area contributed by atoms with E-state index in [0.29, 0.717) is 6.54 Å². The molecule has 1 heterocycles. The molecule has 6 heteroatoms. The van der Waals surface area contributed by atoms with E-state index in [9.17, 15) is 9.59 Å². The average molecular weight is 388 g/mol. The zero-order valence-electron chi connectivity index (χ0n) is 16.3. The third-order valence-electron chi connectivity index (χ3n) is 5.36. The summed E-state index contributed by atoms with van der Waals surface area (Å²) in [5, 5.41) is 6.97. The second-order valence-electron chi connectivity index (χ2n) is 7.40. The summed E-state index contributed by atoms with van der Waals surface area (Å²) in [4.78, 5) is 28.5. The van der Waals surface area contributed by atoms with Gasteiger partial charge in [0, 0.05) is 24.9 Å². The standard InChI is InChI=1S/C23H24N4O2/c28-22(20-8-7-18-3-1-2-4-19(18)13-20)11-12-23(29)25-14-17-5-9-21(10-6-17)27-16-24-15-26-27/h5-10,13,15-16H,1-4,11-12,14H2,(H,25,29). The van der Waals surface area contributed by atoms with E-state index in [-0.39, 0.29) is 24.5 Å². The van der Waals surface area contributed by atoms with E-state index < -0.39 is 0 Å². The van der Waals surface area contributed by atoms with Crippen molar-refractivity contribution in [2.24, 2.45) is 0 Å². The average Bonchev–Trinajstić information content (AvgIpc) is 3.31. The van der Waals surface area contributed by atoms with Crippen LogP contribution >= 0.6 is 0 Å². The van der Waals surface area contributed by atoms with Crippen LogP contribution in [0.15, 0.2) is 55.1 Å². The molecule has 0 fully saturated rings. The van der Waals surface area contributed by atoms with Crippen LogP contribution in [0, 0.1) is 0 Å². The van der Waals surface area contributed by atoms with Gasteiger partial charge in [-0.2, -0.15) is 5.10 Å². The molecule has 0 bridgehead atoms. The number of nitrogens with one attached hydrogen (secondary N) is 1. The van der Waals surface area contributed by atoms with Crippen molar-refractivity contribution in [2.45, 2.75) is 45.1 Å². The van der Waals surface area contributed by atoms with Gasteiger partial charge in [0.05, 0.1) is 5.69 Å². The molecule has 4 rings (SSSR count). The lowest BCUT2D eigenvalue weighted by Gasteiger charge is -2.16. The molecule has 0 saturated carbocycles. The Morgan fingerprint density at radius 1 is 0.966 bits per heavy atom. The maximum absolute atomic E-state index is 12.5. The number of ketones is 1. The molecule has 0 unspecified atom stereocenters. The van der Waals surface area contributed by atoms with E-state index >= 15 is 0 Å². The molecule has 1 aromatic heterocycles. The molecule has 0 saturated heterocycles. The molecule has 1 aliphatic rings. The van der Waals surface area contributed by atoms with Crippen molar-refractivity contribution in [1.29, 1.82) is 0 Å². The van der Waals surface area contributed by atoms with E-state index in [1.54, 1.807) is 11.0 Å². The van der Waals surface area contributed by atoms with E-state index in [1.165, 1.54) is 30.3 Å². The molecule has 29 heavy (non-hydrogen) atoms. The Morgan fingerprint density at radius 2 is 1.76 bits per heavy atom. The molecule has 6 nitrogen and oxygen atoms in total. The van der Waals surface area contributed by atoms with Crippen LogP contribution in [0.2, 0.25) is 0 Å². The third kappa shape index (κ3) is 4.77. The predicted molar refractivity (Wildman–Crippen MR) is 110 cm³/mol. The van der Waals surface area contributed by atoms with Gasteiger partial charge in [-0.25, -0.2) is 9.67 Å². The highest BCUT2D eigenvalue weighted by Gasteiger charge is 2.14. The maximum Gasteiger partial charge on any atom is 0.220 e. The molecule has 148 valence electrons. The Morgan fingerprint density at radius 3 is 2.52 bits per heavy atom. The number of aromatic nitrogens is 3. The molecule has 0 radical (unpaired) electrons. The van der Waals surface area contributed by atoms with Crippen molar-refractivity contribution >= 4 is 11.7 Å². The van der Waals surface area contributed by atoms with Crippen LogP contribution in [-0.4, -0.2) is 26.5 Å². The summed E-state index contributed by atoms with van der Waals surface area (Å²) in [5.41, 5.74) is 5.28. The van der Waals surface area contributed by atoms with Crippen molar-refractivity contribution in [1.82, 2.24) is 20.1 Å². The van der Waals surface area contributed by atoms with Crippen LogP contribution in [0.4, 0.5) is 0 Å². The zero-order chi connectivity index (χ0) is 20.1. The van der Waals surface area contributed by atoms with Gasteiger partial charge >= 0.3 is 0 Å². The quantitative estimate of drug-likeness (QED) is 0.629. The second kappa shape index (κ2) is 8.82. The van der Waals surface area contributed by atoms with E-state index in [4.69, 9.17) is 0 Å². The summed E-state index contributed by atoms with van der Waals surface area (Å²) in [5.74, 6) is -0.0811. The van der Waals surface area contributed by atoms with E-state index in [1.807, 2.05) is 36.4 Å². The van der Waals surface area contributed by atoms with Gasteiger partial charge in [0.25, 0.3) is 0 Å². The lowest BCUT2D eigenvalue weighted by Crippen LogP contribution is -2.23. The fourth-order valence-electron chi connectivity index (χ4n) is 3.68. The minimum absolute atomic E-state index is 0.0331. The number of nitrogens with zero attached hydrogens (tertiary/aromatic N) is 3. The van der Waals surface area contributed by atoms with Crippen molar-refractivity contribution in [3.8, 4) is 5.69 Å². The number of Topliss-reactive ketones (excluding diaryl/α,β-unsaturated/α-hetero) is 1. The number of amides is 1. The first kappa shape index (κ1) is 19.1. The molecule has 0 spiro atoms. The fourth-order valence-corrected chi connectivity index (χ4v) is 3.68. The number of rotatable bonds is 7. The van der Waals surface area contributed by atoms with E-state index in [0.717, 1.165) is 29.7 Å². The first-order chi connectivity index (χ1) is 14.2. The largest absolute Gasteiger partial charge is 0.352 e. The molecular weight excluding hydrogens is 364 g/mol. The molecule has 0 atom stereocenters. The highest BCUT2D eigenvalue weighted by molar-refractivity contribution is 5.98. The summed E-state index contributed by atoms with van der Waals surface area (Å²) in [6.45, 7) is 0.434. The monoisotopic (exact) mass is 388 g/mol. The van der Waals surface area contributed by atoms with Crippen molar-refractivity contribution in [3.63, 3.8) is 0 Å². The van der Waals surface area contributed by atoms with Gasteiger partial charge in [0.15, 0.2) is 5.78 Å². The minimum atomic E-state index is -0.114. The Hall–Kier alpha value is -3.28. The molecule has 3 aromatic rings. The number of fused-ring (bicyclic) bond motifs is 1. The Bertz CT molecular complexity index is 994. The number of carbonyl (C=O) groups excluding carboxylic acids is 2. The number of hydrogen-bond donors (Lipinski definition) is 1. The smallest absolute Gasteiger partial charge is 0.220 e. The number of carbonyl (C=O) groups is 2. The van der Waals surface area contributed by atoms with E-state index in [2.05, 4.69) is 21.5 Å². The van der Waals surface area contributed by atoms with Crippen molar-refractivity contribution in [3.05, 3.63) is 77.4 Å². The molecule has 0 aliphatic heterocycles. The van der Waals surface area contributed by atoms with Gasteiger partial charge in [-0.3, -0.25) is 9.59 Å². The Labute approximate surface area is 170 Å². The lowest BCUT2D eigenvalue weighted by molar-refractivity contribution is -0.121. The third-order valence-corrected chi connectivity index (χ3v) is 5.36. The van der Waals surface area contributed by atoms with Gasteiger partial charge < -0.3 is 5.32 Å². The summed E-state index contributed by atoms with van der Waals surface area (Å²) < 4.78 is 1.68. The first-order valence-corrected chi connectivity index (χ1v) is 10.0. The summed E-state index contributed by atoms with van der Waals surface area (Å²) >= 11 is 0. The van der Waals surface area contributed by atoms with Crippen LogP contribution in [0.25, 0.3) is 5.69 Å². The van der Waals surface area contributed by atoms with Crippen molar-refractivity contribution in [2.75, 3.05) is 0 Å². The van der Waals surface area contributed by atoms with Gasteiger partial charge in [0.1, 0.15) is 12.7 Å². The molecular formula is C23H24N4O2. The SMILES string of the molecule is O=C(CCC(=O)c1ccc2c(c1)CCCC2)NCc1ccc(-n2cncn2)cc1. The normalized spacial score (nSPS) is 13.0. The number of hydrogen-bond acceptors (Lipinski definition) is 4. The van der Waals surface area contributed by atoms with Crippen LogP contribution in [0.3, 0.4) is 0 Å². The van der Waals surface area contributed by atoms with Crippen LogP contribution in [-0.2, 0) is 24.2 Å². The second-order valence-corrected chi connectivity index (χ2v) is 7.40. The van der Waals surface area contributed by atoms with Crippen molar-refractivity contribution < 1.29 is 9.59 Å². The van der Waals surface area contributed by atoms with Gasteiger partial charge in [-0.1, -0.05) is 24.3 Å². The molecule has 1 aliphatic carbocycles. The predicted octanol–water partition coefficient (Wildman–Crippen LogP) is 3.43. The van der Waals surface area contributed by atoms with Crippen LogP contribution in [0.1, 0.15) is 52.7 Å². The van der Waals surface area contributed by atoms with Gasteiger partial charge in [0.2, 0.25) is 5.91 Å². The minimum Gasteiger partial charge on any atom is -0.352 e. The summed E-state index contributed by atoms with van der Waals surface area (Å²) in [6, 6.07) is 13.7. The van der Waals surface area contributed by atoms with Gasteiger partial charge in [-0.05, 0) is 60.6 Å². The number of benzene rings is 2. The lowest BCUT2D eigenvalue weighted by atomic mass is 9.89. The Kier molecular flexibility index (Phi) is 5.79. The highest BCUT2D eigenvalue weighted by Crippen LogP contribution is 2.23. The summed E-state index contributed by atoms with van der Waals surface area (Å²) in [6.07, 6.45) is 8.12. The van der Waals surface area contributed by atoms with Crippen LogP contribution in [0.5, 0.6) is 0 Å². The van der Waals surface area contributed by atoms with Gasteiger partial charge in [-0.15, -0.1) is 0 Å². The highest BCUT2D eigenvalue weighted by atomic mass is 16.2. The van der Waals surface area contributed by atoms with Crippen LogP contribution < -0.4 is 5.32 Å². The fraction of sp³-hybridized carbons (Fsp3) is 0.304. The summed E-state index contributed by atoms with van der Waals surface area (Å²) in [7, 11) is 0. The maximum atomic E-state index is 12.5. The molecule has 1 amide bonds.